The summed E-state index contributed by atoms with van der Waals surface area (Å²) in [5.41, 5.74) is 0.664. The number of aliphatic imine (C=N–C) groups is 1. The molecular formula is C16H23F2N3O2. The average Bonchev–Trinajstić information content (AvgIpc) is 2.94. The Bertz CT molecular complexity index is 532. The molecule has 0 saturated carbocycles. The number of hydrogen-bond acceptors (Lipinski definition) is 3. The third-order valence-corrected chi connectivity index (χ3v) is 3.74. The van der Waals surface area contributed by atoms with Gasteiger partial charge in [0.1, 0.15) is 5.75 Å². The van der Waals surface area contributed by atoms with Gasteiger partial charge in [0.15, 0.2) is 5.96 Å². The van der Waals surface area contributed by atoms with Crippen molar-refractivity contribution in [2.45, 2.75) is 38.5 Å². The Morgan fingerprint density at radius 1 is 1.43 bits per heavy atom. The number of ether oxygens (including phenoxy) is 2. The van der Waals surface area contributed by atoms with Gasteiger partial charge in [-0.05, 0) is 37.5 Å². The first-order valence-corrected chi connectivity index (χ1v) is 7.63. The SMILES string of the molecule is CN=C(NCc1cccc(OC(F)F)c1)NCC1(C)CCCO1. The molecule has 0 aliphatic carbocycles. The molecule has 1 aliphatic heterocycles. The van der Waals surface area contributed by atoms with Crippen LogP contribution in [0.5, 0.6) is 5.75 Å². The van der Waals surface area contributed by atoms with E-state index in [1.807, 2.05) is 6.07 Å². The zero-order chi connectivity index (χ0) is 16.7. The van der Waals surface area contributed by atoms with Crippen molar-refractivity contribution in [1.29, 1.82) is 0 Å². The maximum Gasteiger partial charge on any atom is 0.387 e. The Labute approximate surface area is 135 Å². The topological polar surface area (TPSA) is 54.9 Å². The predicted molar refractivity (Wildman–Crippen MR) is 84.9 cm³/mol. The van der Waals surface area contributed by atoms with Crippen molar-refractivity contribution in [3.63, 3.8) is 0 Å². The van der Waals surface area contributed by atoms with Crippen LogP contribution in [0.2, 0.25) is 0 Å². The summed E-state index contributed by atoms with van der Waals surface area (Å²) in [4.78, 5) is 4.15. The van der Waals surface area contributed by atoms with Gasteiger partial charge in [-0.25, -0.2) is 0 Å². The molecular weight excluding hydrogens is 304 g/mol. The van der Waals surface area contributed by atoms with E-state index in [1.165, 1.54) is 6.07 Å². The maximum absolute atomic E-state index is 12.2. The number of hydrogen-bond donors (Lipinski definition) is 2. The fourth-order valence-corrected chi connectivity index (χ4v) is 2.48. The molecule has 2 N–H and O–H groups in total. The quantitative estimate of drug-likeness (QED) is 0.623. The van der Waals surface area contributed by atoms with Gasteiger partial charge < -0.3 is 20.1 Å². The van der Waals surface area contributed by atoms with Gasteiger partial charge in [-0.1, -0.05) is 12.1 Å². The highest BCUT2D eigenvalue weighted by molar-refractivity contribution is 5.79. The van der Waals surface area contributed by atoms with Crippen molar-refractivity contribution < 1.29 is 18.3 Å². The van der Waals surface area contributed by atoms with Crippen molar-refractivity contribution >= 4 is 5.96 Å². The molecule has 0 spiro atoms. The highest BCUT2D eigenvalue weighted by Gasteiger charge is 2.29. The first kappa shape index (κ1) is 17.5. The summed E-state index contributed by atoms with van der Waals surface area (Å²) in [5.74, 6) is 0.788. The fourth-order valence-electron chi connectivity index (χ4n) is 2.48. The van der Waals surface area contributed by atoms with E-state index < -0.39 is 6.61 Å². The Kier molecular flexibility index (Phi) is 6.15. The predicted octanol–water partition coefficient (Wildman–Crippen LogP) is 2.52. The third-order valence-electron chi connectivity index (χ3n) is 3.74. The van der Waals surface area contributed by atoms with Crippen LogP contribution in [0.15, 0.2) is 29.3 Å². The maximum atomic E-state index is 12.2. The Morgan fingerprint density at radius 3 is 2.91 bits per heavy atom. The molecule has 1 aliphatic rings. The summed E-state index contributed by atoms with van der Waals surface area (Å²) in [6, 6.07) is 6.59. The van der Waals surface area contributed by atoms with Crippen LogP contribution >= 0.6 is 0 Å². The van der Waals surface area contributed by atoms with Crippen molar-refractivity contribution in [2.24, 2.45) is 4.99 Å². The summed E-state index contributed by atoms with van der Waals surface area (Å²) in [6.07, 6.45) is 2.09. The van der Waals surface area contributed by atoms with Gasteiger partial charge in [-0.15, -0.1) is 0 Å². The molecule has 1 atom stereocenters. The lowest BCUT2D eigenvalue weighted by Gasteiger charge is -2.24. The lowest BCUT2D eigenvalue weighted by Crippen LogP contribution is -2.45. The van der Waals surface area contributed by atoms with Gasteiger partial charge in [0.25, 0.3) is 0 Å². The molecule has 1 heterocycles. The number of rotatable bonds is 6. The van der Waals surface area contributed by atoms with Crippen molar-refractivity contribution in [3.05, 3.63) is 29.8 Å². The second-order valence-corrected chi connectivity index (χ2v) is 5.71. The standard InChI is InChI=1S/C16H23F2N3O2/c1-16(7-4-8-22-16)11-21-15(19-2)20-10-12-5-3-6-13(9-12)23-14(17)18/h3,5-6,9,14H,4,7-8,10-11H2,1-2H3,(H2,19,20,21). The summed E-state index contributed by atoms with van der Waals surface area (Å²) in [6.45, 7) is 1.17. The van der Waals surface area contributed by atoms with Crippen LogP contribution in [0.3, 0.4) is 0 Å². The minimum Gasteiger partial charge on any atom is -0.435 e. The molecule has 1 unspecified atom stereocenters. The highest BCUT2D eigenvalue weighted by Crippen LogP contribution is 2.23. The van der Waals surface area contributed by atoms with Gasteiger partial charge in [-0.2, -0.15) is 8.78 Å². The van der Waals surface area contributed by atoms with Crippen LogP contribution in [0.4, 0.5) is 8.78 Å². The molecule has 23 heavy (non-hydrogen) atoms. The van der Waals surface area contributed by atoms with Gasteiger partial charge in [0.2, 0.25) is 0 Å². The lowest BCUT2D eigenvalue weighted by atomic mass is 10.0. The molecule has 1 aromatic rings. The molecule has 1 aromatic carbocycles. The van der Waals surface area contributed by atoms with Crippen LogP contribution in [-0.4, -0.2) is 38.4 Å². The second-order valence-electron chi connectivity index (χ2n) is 5.71. The zero-order valence-corrected chi connectivity index (χ0v) is 13.4. The number of guanidine groups is 1. The van der Waals surface area contributed by atoms with Crippen LogP contribution in [-0.2, 0) is 11.3 Å². The van der Waals surface area contributed by atoms with Crippen molar-refractivity contribution in [1.82, 2.24) is 10.6 Å². The number of nitrogens with zero attached hydrogens (tertiary/aromatic N) is 1. The molecule has 2 rings (SSSR count). The van der Waals surface area contributed by atoms with E-state index >= 15 is 0 Å². The van der Waals surface area contributed by atoms with Gasteiger partial charge in [-0.3, -0.25) is 4.99 Å². The Morgan fingerprint density at radius 2 is 2.26 bits per heavy atom. The van der Waals surface area contributed by atoms with E-state index in [2.05, 4.69) is 27.3 Å². The smallest absolute Gasteiger partial charge is 0.387 e. The van der Waals surface area contributed by atoms with E-state index in [-0.39, 0.29) is 11.4 Å². The van der Waals surface area contributed by atoms with Crippen molar-refractivity contribution in [3.8, 4) is 5.75 Å². The van der Waals surface area contributed by atoms with E-state index in [0.717, 1.165) is 25.0 Å². The zero-order valence-electron chi connectivity index (χ0n) is 13.4. The normalized spacial score (nSPS) is 21.5. The summed E-state index contributed by atoms with van der Waals surface area (Å²) >= 11 is 0. The Balaban J connectivity index is 1.83. The molecule has 0 aromatic heterocycles. The summed E-state index contributed by atoms with van der Waals surface area (Å²) in [5, 5.41) is 6.38. The van der Waals surface area contributed by atoms with E-state index in [9.17, 15) is 8.78 Å². The molecule has 7 heteroatoms. The first-order chi connectivity index (χ1) is 11.0. The van der Waals surface area contributed by atoms with E-state index in [1.54, 1.807) is 19.2 Å². The summed E-state index contributed by atoms with van der Waals surface area (Å²) in [7, 11) is 1.68. The molecule has 1 saturated heterocycles. The van der Waals surface area contributed by atoms with E-state index in [0.29, 0.717) is 19.0 Å². The van der Waals surface area contributed by atoms with Crippen LogP contribution < -0.4 is 15.4 Å². The lowest BCUT2D eigenvalue weighted by molar-refractivity contribution is -0.0498. The number of alkyl halides is 2. The number of benzene rings is 1. The number of halogens is 2. The molecule has 0 bridgehead atoms. The van der Waals surface area contributed by atoms with Crippen LogP contribution in [0.25, 0.3) is 0 Å². The van der Waals surface area contributed by atoms with Crippen LogP contribution in [0, 0.1) is 0 Å². The van der Waals surface area contributed by atoms with Crippen LogP contribution in [0.1, 0.15) is 25.3 Å². The molecule has 5 nitrogen and oxygen atoms in total. The first-order valence-electron chi connectivity index (χ1n) is 7.63. The molecule has 0 radical (unpaired) electrons. The average molecular weight is 327 g/mol. The molecule has 128 valence electrons. The van der Waals surface area contributed by atoms with Gasteiger partial charge in [0.05, 0.1) is 5.60 Å². The second kappa shape index (κ2) is 8.10. The molecule has 1 fully saturated rings. The summed E-state index contributed by atoms with van der Waals surface area (Å²) < 4.78 is 34.6. The monoisotopic (exact) mass is 327 g/mol. The minimum absolute atomic E-state index is 0.147. The Hall–Kier alpha value is -1.89. The van der Waals surface area contributed by atoms with Gasteiger partial charge in [0, 0.05) is 26.7 Å². The highest BCUT2D eigenvalue weighted by atomic mass is 19.3. The molecule has 0 amide bonds. The third kappa shape index (κ3) is 5.67. The van der Waals surface area contributed by atoms with Crippen molar-refractivity contribution in [2.75, 3.05) is 20.2 Å². The fraction of sp³-hybridized carbons (Fsp3) is 0.562. The number of nitrogens with one attached hydrogen (secondary N) is 2. The van der Waals surface area contributed by atoms with E-state index in [4.69, 9.17) is 4.74 Å². The van der Waals surface area contributed by atoms with Gasteiger partial charge >= 0.3 is 6.61 Å². The minimum atomic E-state index is -2.82. The largest absolute Gasteiger partial charge is 0.435 e.